The Morgan fingerprint density at radius 3 is 2.80 bits per heavy atom. The summed E-state index contributed by atoms with van der Waals surface area (Å²) in [5.41, 5.74) is 4.98. The van der Waals surface area contributed by atoms with Crippen molar-refractivity contribution in [1.82, 2.24) is 10.6 Å². The van der Waals surface area contributed by atoms with Crippen LogP contribution >= 0.6 is 24.2 Å². The number of nitrogens with zero attached hydrogens (tertiary/aromatic N) is 1. The number of hydrogen-bond donors (Lipinski definition) is 3. The highest BCUT2D eigenvalue weighted by molar-refractivity contribution is 8.00. The summed E-state index contributed by atoms with van der Waals surface area (Å²) in [6.45, 7) is 2.93. The minimum absolute atomic E-state index is 0. The first-order chi connectivity index (χ1) is 11.4. The Kier molecular flexibility index (Phi) is 8.14. The number of nitro benzene ring substituents is 1. The molecule has 10 heteroatoms. The summed E-state index contributed by atoms with van der Waals surface area (Å²) in [6, 6.07) is 4.49. The molecule has 0 aliphatic carbocycles. The molecule has 0 aromatic heterocycles. The van der Waals surface area contributed by atoms with E-state index in [-0.39, 0.29) is 41.4 Å². The van der Waals surface area contributed by atoms with Crippen molar-refractivity contribution in [3.63, 3.8) is 0 Å². The third-order valence-corrected chi connectivity index (χ3v) is 4.85. The van der Waals surface area contributed by atoms with E-state index in [4.69, 9.17) is 5.73 Å². The molecule has 1 saturated heterocycles. The van der Waals surface area contributed by atoms with Crippen LogP contribution in [0.25, 0.3) is 0 Å². The van der Waals surface area contributed by atoms with E-state index in [2.05, 4.69) is 17.6 Å². The smallest absolute Gasteiger partial charge is 0.283 e. The Hall–Kier alpha value is -1.84. The lowest BCUT2D eigenvalue weighted by atomic mass is 10.0. The van der Waals surface area contributed by atoms with Gasteiger partial charge in [-0.3, -0.25) is 19.7 Å². The summed E-state index contributed by atoms with van der Waals surface area (Å²) < 4.78 is 0. The highest BCUT2D eigenvalue weighted by atomic mass is 35.5. The number of rotatable bonds is 6. The fourth-order valence-corrected chi connectivity index (χ4v) is 3.43. The number of nitrogens with two attached hydrogens (primary N) is 1. The van der Waals surface area contributed by atoms with Gasteiger partial charge in [0.25, 0.3) is 5.69 Å². The maximum Gasteiger partial charge on any atom is 0.283 e. The predicted octanol–water partition coefficient (Wildman–Crippen LogP) is 1.46. The summed E-state index contributed by atoms with van der Waals surface area (Å²) >= 11 is 1.07. The standard InChI is InChI=1S/C15H20N4O4S.ClH/c1-9-6-11(4-5-17-9)18-14(20)8-24-13-3-2-10(15(16)21)7-12(13)19(22)23;/h2-3,7,9,11,17H,4-6,8H2,1H3,(H2,16,21)(H,18,20);1H. The summed E-state index contributed by atoms with van der Waals surface area (Å²) in [4.78, 5) is 34.1. The van der Waals surface area contributed by atoms with Gasteiger partial charge in [0.2, 0.25) is 11.8 Å². The third-order valence-electron chi connectivity index (χ3n) is 3.79. The summed E-state index contributed by atoms with van der Waals surface area (Å²) in [7, 11) is 0. The largest absolute Gasteiger partial charge is 0.366 e. The van der Waals surface area contributed by atoms with Crippen LogP contribution in [0, 0.1) is 10.1 Å². The highest BCUT2D eigenvalue weighted by Crippen LogP contribution is 2.30. The van der Waals surface area contributed by atoms with E-state index in [0.717, 1.165) is 37.2 Å². The summed E-state index contributed by atoms with van der Waals surface area (Å²) in [5.74, 6) is -0.811. The summed E-state index contributed by atoms with van der Waals surface area (Å²) in [6.07, 6.45) is 1.73. The molecule has 1 aromatic carbocycles. The molecule has 0 radical (unpaired) electrons. The first kappa shape index (κ1) is 21.2. The normalized spacial score (nSPS) is 19.6. The fourth-order valence-electron chi connectivity index (χ4n) is 2.61. The second kappa shape index (κ2) is 9.59. The molecule has 1 aromatic rings. The molecule has 4 N–H and O–H groups in total. The molecule has 0 bridgehead atoms. The molecule has 2 unspecified atom stereocenters. The van der Waals surface area contributed by atoms with Crippen LogP contribution in [0.1, 0.15) is 30.1 Å². The molecule has 2 rings (SSSR count). The number of amides is 2. The van der Waals surface area contributed by atoms with Gasteiger partial charge in [-0.05, 0) is 38.4 Å². The lowest BCUT2D eigenvalue weighted by Crippen LogP contribution is -2.47. The predicted molar refractivity (Wildman–Crippen MR) is 98.2 cm³/mol. The molecule has 1 aliphatic rings. The molecule has 1 aliphatic heterocycles. The Bertz CT molecular complexity index is 658. The van der Waals surface area contributed by atoms with E-state index in [1.54, 1.807) is 0 Å². The SMILES string of the molecule is CC1CC(NC(=O)CSc2ccc(C(N)=O)cc2[N+](=O)[O-])CCN1.Cl. The minimum atomic E-state index is -0.729. The average molecular weight is 389 g/mol. The van der Waals surface area contributed by atoms with Crippen molar-refractivity contribution < 1.29 is 14.5 Å². The van der Waals surface area contributed by atoms with Crippen molar-refractivity contribution >= 4 is 41.7 Å². The van der Waals surface area contributed by atoms with E-state index in [1.165, 1.54) is 12.1 Å². The van der Waals surface area contributed by atoms with Gasteiger partial charge in [-0.15, -0.1) is 24.2 Å². The molecule has 0 saturated carbocycles. The zero-order valence-corrected chi connectivity index (χ0v) is 15.3. The van der Waals surface area contributed by atoms with Gasteiger partial charge < -0.3 is 16.4 Å². The number of carbonyl (C=O) groups is 2. The van der Waals surface area contributed by atoms with Crippen LogP contribution in [-0.4, -0.2) is 41.1 Å². The molecular weight excluding hydrogens is 368 g/mol. The number of hydrogen-bond acceptors (Lipinski definition) is 6. The molecule has 8 nitrogen and oxygen atoms in total. The van der Waals surface area contributed by atoms with Gasteiger partial charge >= 0.3 is 0 Å². The average Bonchev–Trinajstić information content (AvgIpc) is 2.52. The number of carbonyl (C=O) groups excluding carboxylic acids is 2. The Morgan fingerprint density at radius 1 is 1.48 bits per heavy atom. The maximum atomic E-state index is 12.1. The zero-order chi connectivity index (χ0) is 17.7. The van der Waals surface area contributed by atoms with Crippen LogP contribution in [-0.2, 0) is 4.79 Å². The molecule has 138 valence electrons. The van der Waals surface area contributed by atoms with Crippen molar-refractivity contribution in [2.45, 2.75) is 36.7 Å². The molecule has 1 heterocycles. The second-order valence-corrected chi connectivity index (χ2v) is 6.75. The molecule has 0 spiro atoms. The van der Waals surface area contributed by atoms with Gasteiger partial charge in [-0.25, -0.2) is 0 Å². The number of piperidine rings is 1. The van der Waals surface area contributed by atoms with Crippen LogP contribution < -0.4 is 16.4 Å². The number of nitrogens with one attached hydrogen (secondary N) is 2. The Labute approximate surface area is 155 Å². The number of thioether (sulfide) groups is 1. The van der Waals surface area contributed by atoms with Gasteiger partial charge in [0.1, 0.15) is 0 Å². The maximum absolute atomic E-state index is 12.1. The van der Waals surface area contributed by atoms with Crippen LogP contribution in [0.2, 0.25) is 0 Å². The first-order valence-electron chi connectivity index (χ1n) is 7.60. The minimum Gasteiger partial charge on any atom is -0.366 e. The molecule has 2 atom stereocenters. The second-order valence-electron chi connectivity index (χ2n) is 5.74. The van der Waals surface area contributed by atoms with Gasteiger partial charge in [0.05, 0.1) is 15.6 Å². The van der Waals surface area contributed by atoms with Gasteiger partial charge in [0.15, 0.2) is 0 Å². The first-order valence-corrected chi connectivity index (χ1v) is 8.59. The number of halogens is 1. The molecule has 1 fully saturated rings. The zero-order valence-electron chi connectivity index (χ0n) is 13.7. The monoisotopic (exact) mass is 388 g/mol. The topological polar surface area (TPSA) is 127 Å². The lowest BCUT2D eigenvalue weighted by molar-refractivity contribution is -0.387. The van der Waals surface area contributed by atoms with Crippen molar-refractivity contribution in [2.24, 2.45) is 5.73 Å². The summed E-state index contributed by atoms with van der Waals surface area (Å²) in [5, 5.41) is 17.4. The van der Waals surface area contributed by atoms with Crippen LogP contribution in [0.5, 0.6) is 0 Å². The molecular formula is C15H21ClN4O4S. The highest BCUT2D eigenvalue weighted by Gasteiger charge is 2.21. The van der Waals surface area contributed by atoms with Crippen LogP contribution in [0.3, 0.4) is 0 Å². The number of nitro groups is 1. The van der Waals surface area contributed by atoms with E-state index < -0.39 is 10.8 Å². The van der Waals surface area contributed by atoms with Gasteiger partial charge in [-0.2, -0.15) is 0 Å². The molecule has 2 amide bonds. The Balaban J connectivity index is 0.00000312. The number of primary amides is 1. The van der Waals surface area contributed by atoms with Gasteiger partial charge in [-0.1, -0.05) is 0 Å². The number of benzene rings is 1. The Morgan fingerprint density at radius 2 is 2.20 bits per heavy atom. The van der Waals surface area contributed by atoms with Crippen molar-refractivity contribution in [3.8, 4) is 0 Å². The van der Waals surface area contributed by atoms with Crippen LogP contribution in [0.4, 0.5) is 5.69 Å². The molecule has 25 heavy (non-hydrogen) atoms. The van der Waals surface area contributed by atoms with Gasteiger partial charge in [0, 0.05) is 23.7 Å². The van der Waals surface area contributed by atoms with Crippen molar-refractivity contribution in [3.05, 3.63) is 33.9 Å². The fraction of sp³-hybridized carbons (Fsp3) is 0.467. The lowest BCUT2D eigenvalue weighted by Gasteiger charge is -2.28. The van der Waals surface area contributed by atoms with E-state index >= 15 is 0 Å². The van der Waals surface area contributed by atoms with Crippen molar-refractivity contribution in [2.75, 3.05) is 12.3 Å². The van der Waals surface area contributed by atoms with Crippen molar-refractivity contribution in [1.29, 1.82) is 0 Å². The van der Waals surface area contributed by atoms with E-state index in [1.807, 2.05) is 0 Å². The quantitative estimate of drug-likeness (QED) is 0.384. The van der Waals surface area contributed by atoms with Crippen LogP contribution in [0.15, 0.2) is 23.1 Å². The van der Waals surface area contributed by atoms with E-state index in [9.17, 15) is 19.7 Å². The third kappa shape index (κ3) is 6.18. The van der Waals surface area contributed by atoms with E-state index in [0.29, 0.717) is 10.9 Å².